The van der Waals surface area contributed by atoms with Gasteiger partial charge in [-0.2, -0.15) is 0 Å². The molecule has 9 heteroatoms. The molecule has 4 aliphatic rings. The number of thioether (sulfide) groups is 1. The predicted molar refractivity (Wildman–Crippen MR) is 121 cm³/mol. The maximum Gasteiger partial charge on any atom is 0.307 e. The first-order valence-corrected chi connectivity index (χ1v) is 12.3. The van der Waals surface area contributed by atoms with Crippen LogP contribution in [-0.4, -0.2) is 58.2 Å². The Balaban J connectivity index is 0.000000185. The highest BCUT2D eigenvalue weighted by Gasteiger charge is 2.45. The van der Waals surface area contributed by atoms with Gasteiger partial charge in [-0.25, -0.2) is 0 Å². The molecule has 176 valence electrons. The van der Waals surface area contributed by atoms with Crippen LogP contribution in [0.15, 0.2) is 29.2 Å². The third-order valence-electron chi connectivity index (χ3n) is 6.84. The Morgan fingerprint density at radius 2 is 1.52 bits per heavy atom. The van der Waals surface area contributed by atoms with Crippen molar-refractivity contribution in [3.8, 4) is 0 Å². The SMILES string of the molecule is O=C(O)[C@@H]1CCCC[C@H]1C(=O)O.O=C1C(=O)c2ccccc2C2=C1SCC1(CC[NH2+]CC1)O2. The first-order valence-electron chi connectivity index (χ1n) is 11.3. The number of rotatable bonds is 2. The zero-order chi connectivity index (χ0) is 23.6. The molecular formula is C24H28NO7S+. The van der Waals surface area contributed by atoms with Crippen molar-refractivity contribution in [3.05, 3.63) is 40.3 Å². The summed E-state index contributed by atoms with van der Waals surface area (Å²) in [6.45, 7) is 2.11. The normalized spacial score (nSPS) is 25.8. The molecule has 1 spiro atoms. The van der Waals surface area contributed by atoms with Crippen LogP contribution in [0.25, 0.3) is 5.76 Å². The number of hydrogen-bond donors (Lipinski definition) is 3. The number of ether oxygens (including phenoxy) is 1. The van der Waals surface area contributed by atoms with E-state index in [1.165, 1.54) is 11.8 Å². The molecule has 0 bridgehead atoms. The Kier molecular flexibility index (Phi) is 6.90. The third kappa shape index (κ3) is 4.70. The number of nitrogens with two attached hydrogens (primary N) is 1. The monoisotopic (exact) mass is 474 g/mol. The molecule has 0 amide bonds. The van der Waals surface area contributed by atoms with Gasteiger partial charge in [0, 0.05) is 29.7 Å². The van der Waals surface area contributed by atoms with Crippen molar-refractivity contribution in [1.82, 2.24) is 0 Å². The quantitative estimate of drug-likeness (QED) is 0.554. The highest BCUT2D eigenvalue weighted by atomic mass is 32.2. The van der Waals surface area contributed by atoms with Crippen LogP contribution in [0.2, 0.25) is 0 Å². The molecule has 2 aliphatic carbocycles. The van der Waals surface area contributed by atoms with Crippen LogP contribution in [0.5, 0.6) is 0 Å². The molecule has 2 heterocycles. The molecule has 8 nitrogen and oxygen atoms in total. The number of aliphatic carboxylic acids is 2. The minimum Gasteiger partial charge on any atom is -0.484 e. The van der Waals surface area contributed by atoms with E-state index in [4.69, 9.17) is 14.9 Å². The molecule has 1 aromatic carbocycles. The first kappa shape index (κ1) is 23.5. The molecule has 0 radical (unpaired) electrons. The van der Waals surface area contributed by atoms with E-state index in [1.54, 1.807) is 12.1 Å². The fourth-order valence-corrected chi connectivity index (χ4v) is 6.24. The maximum atomic E-state index is 12.3. The number of hydrogen-bond acceptors (Lipinski definition) is 6. The molecule has 1 aromatic rings. The smallest absolute Gasteiger partial charge is 0.307 e. The van der Waals surface area contributed by atoms with Crippen LogP contribution in [0.1, 0.15) is 54.4 Å². The number of piperidine rings is 1. The Hall–Kier alpha value is -2.65. The average Bonchev–Trinajstić information content (AvgIpc) is 2.83. The van der Waals surface area contributed by atoms with Crippen molar-refractivity contribution >= 4 is 41.0 Å². The number of allylic oxidation sites excluding steroid dienone is 1. The van der Waals surface area contributed by atoms with Crippen molar-refractivity contribution in [3.63, 3.8) is 0 Å². The van der Waals surface area contributed by atoms with Gasteiger partial charge < -0.3 is 20.3 Å². The lowest BCUT2D eigenvalue weighted by Crippen LogP contribution is -2.88. The topological polar surface area (TPSA) is 135 Å². The van der Waals surface area contributed by atoms with E-state index in [9.17, 15) is 19.2 Å². The van der Waals surface area contributed by atoms with Gasteiger partial charge in [0.1, 0.15) is 16.3 Å². The number of carbonyl (C=O) groups excluding carboxylic acids is 2. The molecule has 1 saturated heterocycles. The Morgan fingerprint density at radius 1 is 0.939 bits per heavy atom. The van der Waals surface area contributed by atoms with Crippen LogP contribution >= 0.6 is 11.8 Å². The van der Waals surface area contributed by atoms with Crippen molar-refractivity contribution in [1.29, 1.82) is 0 Å². The summed E-state index contributed by atoms with van der Waals surface area (Å²) in [5, 5.41) is 19.7. The summed E-state index contributed by atoms with van der Waals surface area (Å²) in [5.41, 5.74) is 1.07. The van der Waals surface area contributed by atoms with Gasteiger partial charge in [0.15, 0.2) is 0 Å². The molecule has 0 unspecified atom stereocenters. The minimum atomic E-state index is -0.970. The number of carbonyl (C=O) groups is 4. The molecule has 2 atom stereocenters. The zero-order valence-electron chi connectivity index (χ0n) is 18.2. The number of carboxylic acid groups (broad SMARTS) is 2. The number of Topliss-reactive ketones (excluding diaryl/α,β-unsaturated/α-hetero) is 2. The zero-order valence-corrected chi connectivity index (χ0v) is 19.1. The third-order valence-corrected chi connectivity index (χ3v) is 8.17. The number of benzene rings is 1. The maximum absolute atomic E-state index is 12.3. The van der Waals surface area contributed by atoms with Gasteiger partial charge in [-0.3, -0.25) is 19.2 Å². The lowest BCUT2D eigenvalue weighted by molar-refractivity contribution is -0.667. The van der Waals surface area contributed by atoms with E-state index in [2.05, 4.69) is 5.32 Å². The van der Waals surface area contributed by atoms with E-state index in [0.29, 0.717) is 29.1 Å². The summed E-state index contributed by atoms with van der Waals surface area (Å²) in [6, 6.07) is 7.26. The molecule has 33 heavy (non-hydrogen) atoms. The predicted octanol–water partition coefficient (Wildman–Crippen LogP) is 1.94. The second-order valence-electron chi connectivity index (χ2n) is 8.98. The fraction of sp³-hybridized carbons (Fsp3) is 0.500. The fourth-order valence-electron chi connectivity index (χ4n) is 4.98. The molecular weight excluding hydrogens is 446 g/mol. The second kappa shape index (κ2) is 9.69. The van der Waals surface area contributed by atoms with E-state index < -0.39 is 35.3 Å². The van der Waals surface area contributed by atoms with E-state index in [1.807, 2.05) is 12.1 Å². The number of quaternary nitrogens is 1. The number of ketones is 2. The molecule has 1 saturated carbocycles. The van der Waals surface area contributed by atoms with Gasteiger partial charge in [0.05, 0.1) is 24.9 Å². The summed E-state index contributed by atoms with van der Waals surface area (Å²) >= 11 is 1.50. The van der Waals surface area contributed by atoms with Crippen LogP contribution in [0.4, 0.5) is 0 Å². The summed E-state index contributed by atoms with van der Waals surface area (Å²) in [4.78, 5) is 46.2. The van der Waals surface area contributed by atoms with E-state index in [0.717, 1.165) is 50.1 Å². The van der Waals surface area contributed by atoms with Gasteiger partial charge in [-0.05, 0) is 12.8 Å². The Morgan fingerprint density at radius 3 is 2.09 bits per heavy atom. The van der Waals surface area contributed by atoms with Gasteiger partial charge in [-0.15, -0.1) is 11.8 Å². The summed E-state index contributed by atoms with van der Waals surface area (Å²) in [5.74, 6) is -2.70. The molecule has 0 aromatic heterocycles. The summed E-state index contributed by atoms with van der Waals surface area (Å²) in [7, 11) is 0. The van der Waals surface area contributed by atoms with Gasteiger partial charge >= 0.3 is 11.9 Å². The number of fused-ring (bicyclic) bond motifs is 2. The molecule has 5 rings (SSSR count). The Bertz CT molecular complexity index is 990. The van der Waals surface area contributed by atoms with Crippen LogP contribution in [-0.2, 0) is 19.1 Å². The molecule has 2 fully saturated rings. The van der Waals surface area contributed by atoms with Crippen molar-refractivity contribution in [2.45, 2.75) is 44.1 Å². The van der Waals surface area contributed by atoms with Gasteiger partial charge in [0.25, 0.3) is 0 Å². The molecule has 4 N–H and O–H groups in total. The average molecular weight is 475 g/mol. The van der Waals surface area contributed by atoms with Crippen molar-refractivity contribution < 1.29 is 39.4 Å². The minimum absolute atomic E-state index is 0.175. The highest BCUT2D eigenvalue weighted by Crippen LogP contribution is 2.46. The van der Waals surface area contributed by atoms with Crippen LogP contribution in [0, 0.1) is 11.8 Å². The first-order chi connectivity index (χ1) is 15.8. The second-order valence-corrected chi connectivity index (χ2v) is 9.96. The summed E-state index contributed by atoms with van der Waals surface area (Å²) < 4.78 is 6.33. The lowest BCUT2D eigenvalue weighted by Gasteiger charge is -2.41. The largest absolute Gasteiger partial charge is 0.484 e. The highest BCUT2D eigenvalue weighted by molar-refractivity contribution is 8.04. The van der Waals surface area contributed by atoms with Crippen LogP contribution < -0.4 is 5.32 Å². The Labute approximate surface area is 195 Å². The van der Waals surface area contributed by atoms with Gasteiger partial charge in [0.2, 0.25) is 11.6 Å². The van der Waals surface area contributed by atoms with Crippen molar-refractivity contribution in [2.75, 3.05) is 18.8 Å². The van der Waals surface area contributed by atoms with E-state index >= 15 is 0 Å². The lowest BCUT2D eigenvalue weighted by atomic mass is 9.79. The summed E-state index contributed by atoms with van der Waals surface area (Å²) in [6.07, 6.45) is 4.66. The molecule has 2 aliphatic heterocycles. The number of carboxylic acids is 2. The van der Waals surface area contributed by atoms with Crippen molar-refractivity contribution in [2.24, 2.45) is 11.8 Å². The van der Waals surface area contributed by atoms with Crippen LogP contribution in [0.3, 0.4) is 0 Å². The standard InChI is InChI=1S/C16H15NO3S.C8H12O4/c18-12-10-3-1-2-4-11(10)14-15(13(12)19)21-9-16(20-14)5-7-17-8-6-16;9-7(10)5-3-1-2-4-6(5)8(11)12/h1-4,17H,5-9H2;5-6H,1-4H2,(H,9,10)(H,11,12)/p+1/t;5-,6-/m.1/s1. The van der Waals surface area contributed by atoms with Gasteiger partial charge in [-0.1, -0.05) is 37.1 Å². The van der Waals surface area contributed by atoms with E-state index in [-0.39, 0.29) is 5.60 Å².